The summed E-state index contributed by atoms with van der Waals surface area (Å²) in [6.07, 6.45) is 8.04. The molecule has 0 amide bonds. The smallest absolute Gasteiger partial charge is 0.241 e. The zero-order valence-electron chi connectivity index (χ0n) is 14.3. The summed E-state index contributed by atoms with van der Waals surface area (Å²) in [5, 5.41) is 0.812. The Labute approximate surface area is 153 Å². The molecule has 1 aromatic carbocycles. The Kier molecular flexibility index (Phi) is 6.89. The molecule has 6 heteroatoms. The quantitative estimate of drug-likeness (QED) is 0.458. The van der Waals surface area contributed by atoms with E-state index in [9.17, 15) is 8.42 Å². The number of alkyl halides is 1. The van der Waals surface area contributed by atoms with E-state index in [0.29, 0.717) is 18.3 Å². The lowest BCUT2D eigenvalue weighted by Gasteiger charge is -2.25. The highest BCUT2D eigenvalue weighted by molar-refractivity contribution is 9.09. The minimum atomic E-state index is -3.57. The van der Waals surface area contributed by atoms with E-state index < -0.39 is 15.6 Å². The Morgan fingerprint density at radius 2 is 2.08 bits per heavy atom. The predicted octanol–water partition coefficient (Wildman–Crippen LogP) is 4.26. The van der Waals surface area contributed by atoms with Gasteiger partial charge in [-0.2, -0.15) is 0 Å². The molecule has 1 N–H and O–H groups in total. The minimum absolute atomic E-state index is 0.250. The molecule has 0 bridgehead atoms. The molecular weight excluding hydrogens is 390 g/mol. The lowest BCUT2D eigenvalue weighted by molar-refractivity contribution is 0.299. The van der Waals surface area contributed by atoms with Gasteiger partial charge < -0.3 is 4.74 Å². The normalized spacial score (nSPS) is 15.8. The monoisotopic (exact) mass is 415 g/mol. The SMILES string of the molecule is CC(C)(CCC=CCBr)NS(=O)(=O)c1cccc(OCC2CC2)c1. The Hall–Kier alpha value is -0.850. The first-order valence-electron chi connectivity index (χ1n) is 8.30. The molecule has 24 heavy (non-hydrogen) atoms. The second-order valence-corrected chi connectivity index (χ2v) is 9.21. The van der Waals surface area contributed by atoms with Crippen LogP contribution in [-0.2, 0) is 10.0 Å². The second kappa shape index (κ2) is 8.50. The van der Waals surface area contributed by atoms with Crippen LogP contribution in [0.4, 0.5) is 0 Å². The van der Waals surface area contributed by atoms with Crippen LogP contribution < -0.4 is 9.46 Å². The molecule has 4 nitrogen and oxygen atoms in total. The molecule has 0 radical (unpaired) electrons. The highest BCUT2D eigenvalue weighted by atomic mass is 79.9. The van der Waals surface area contributed by atoms with Gasteiger partial charge in [-0.1, -0.05) is 34.1 Å². The largest absolute Gasteiger partial charge is 0.493 e. The fraction of sp³-hybridized carbons (Fsp3) is 0.556. The van der Waals surface area contributed by atoms with Crippen molar-refractivity contribution in [2.45, 2.75) is 50.0 Å². The van der Waals surface area contributed by atoms with Crippen molar-refractivity contribution in [2.75, 3.05) is 11.9 Å². The van der Waals surface area contributed by atoms with Crippen molar-refractivity contribution < 1.29 is 13.2 Å². The number of nitrogens with one attached hydrogen (secondary N) is 1. The van der Waals surface area contributed by atoms with E-state index in [2.05, 4.69) is 26.7 Å². The maximum Gasteiger partial charge on any atom is 0.241 e. The van der Waals surface area contributed by atoms with Gasteiger partial charge in [0.15, 0.2) is 0 Å². The molecule has 2 rings (SSSR count). The van der Waals surface area contributed by atoms with E-state index >= 15 is 0 Å². The van der Waals surface area contributed by atoms with Crippen LogP contribution in [0.5, 0.6) is 5.75 Å². The first-order chi connectivity index (χ1) is 11.3. The standard InChI is InChI=1S/C18H26BrNO3S/c1-18(2,11-4-3-5-12-19)20-24(21,22)17-8-6-7-16(13-17)23-14-15-9-10-15/h3,5-8,13,15,20H,4,9-12,14H2,1-2H3. The van der Waals surface area contributed by atoms with E-state index in [1.807, 2.05) is 19.9 Å². The van der Waals surface area contributed by atoms with Gasteiger partial charge in [0.1, 0.15) is 5.75 Å². The van der Waals surface area contributed by atoms with Gasteiger partial charge in [0.25, 0.3) is 0 Å². The zero-order chi connectivity index (χ0) is 17.6. The summed E-state index contributed by atoms with van der Waals surface area (Å²) in [7, 11) is -3.57. The number of halogens is 1. The number of ether oxygens (including phenoxy) is 1. The first-order valence-corrected chi connectivity index (χ1v) is 10.9. The molecule has 1 aromatic rings. The zero-order valence-corrected chi connectivity index (χ0v) is 16.7. The van der Waals surface area contributed by atoms with Crippen LogP contribution in [0.2, 0.25) is 0 Å². The number of sulfonamides is 1. The number of allylic oxidation sites excluding steroid dienone is 2. The van der Waals surface area contributed by atoms with Gasteiger partial charge in [0, 0.05) is 16.9 Å². The van der Waals surface area contributed by atoms with Crippen LogP contribution in [0.15, 0.2) is 41.3 Å². The van der Waals surface area contributed by atoms with Crippen molar-refractivity contribution >= 4 is 26.0 Å². The number of hydrogen-bond donors (Lipinski definition) is 1. The lowest BCUT2D eigenvalue weighted by Crippen LogP contribution is -2.43. The average Bonchev–Trinajstić information content (AvgIpc) is 3.33. The molecule has 0 heterocycles. The Balaban J connectivity index is 1.99. The maximum absolute atomic E-state index is 12.6. The van der Waals surface area contributed by atoms with Crippen LogP contribution >= 0.6 is 15.9 Å². The van der Waals surface area contributed by atoms with Crippen molar-refractivity contribution in [3.05, 3.63) is 36.4 Å². The van der Waals surface area contributed by atoms with E-state index in [-0.39, 0.29) is 4.90 Å². The highest BCUT2D eigenvalue weighted by Crippen LogP contribution is 2.30. The molecule has 0 aliphatic heterocycles. The lowest BCUT2D eigenvalue weighted by atomic mass is 10.0. The summed E-state index contributed by atoms with van der Waals surface area (Å²) < 4.78 is 33.8. The van der Waals surface area contributed by atoms with Crippen LogP contribution in [0, 0.1) is 5.92 Å². The van der Waals surface area contributed by atoms with Gasteiger partial charge in [0.2, 0.25) is 10.0 Å². The van der Waals surface area contributed by atoms with Crippen LogP contribution in [0.1, 0.15) is 39.5 Å². The van der Waals surface area contributed by atoms with Crippen molar-refractivity contribution in [1.82, 2.24) is 4.72 Å². The van der Waals surface area contributed by atoms with Crippen LogP contribution in [0.3, 0.4) is 0 Å². The summed E-state index contributed by atoms with van der Waals surface area (Å²) in [5.41, 5.74) is -0.514. The number of benzene rings is 1. The fourth-order valence-corrected chi connectivity index (χ4v) is 4.07. The molecule has 0 unspecified atom stereocenters. The molecule has 134 valence electrons. The number of hydrogen-bond acceptors (Lipinski definition) is 3. The number of rotatable bonds is 10. The summed E-state index contributed by atoms with van der Waals surface area (Å²) in [6.45, 7) is 4.47. The maximum atomic E-state index is 12.6. The van der Waals surface area contributed by atoms with E-state index in [4.69, 9.17) is 4.74 Å². The predicted molar refractivity (Wildman–Crippen MR) is 101 cm³/mol. The molecular formula is C18H26BrNO3S. The second-order valence-electron chi connectivity index (χ2n) is 6.88. The molecule has 1 saturated carbocycles. The summed E-state index contributed by atoms with van der Waals surface area (Å²) in [5.74, 6) is 1.25. The average molecular weight is 416 g/mol. The van der Waals surface area contributed by atoms with Crippen molar-refractivity contribution in [1.29, 1.82) is 0 Å². The summed E-state index contributed by atoms with van der Waals surface area (Å²) >= 11 is 3.33. The van der Waals surface area contributed by atoms with Gasteiger partial charge >= 0.3 is 0 Å². The molecule has 1 aliphatic carbocycles. The van der Waals surface area contributed by atoms with Crippen molar-refractivity contribution in [3.8, 4) is 5.75 Å². The van der Waals surface area contributed by atoms with E-state index in [1.54, 1.807) is 24.3 Å². The van der Waals surface area contributed by atoms with Gasteiger partial charge in [-0.05, 0) is 57.6 Å². The van der Waals surface area contributed by atoms with Crippen LogP contribution in [0.25, 0.3) is 0 Å². The third-order valence-corrected chi connectivity index (χ3v) is 5.97. The Morgan fingerprint density at radius 3 is 2.75 bits per heavy atom. The van der Waals surface area contributed by atoms with Gasteiger partial charge in [-0.15, -0.1) is 0 Å². The van der Waals surface area contributed by atoms with Gasteiger partial charge in [-0.3, -0.25) is 0 Å². The van der Waals surface area contributed by atoms with E-state index in [0.717, 1.165) is 18.2 Å². The third kappa shape index (κ3) is 6.57. The summed E-state index contributed by atoms with van der Waals surface area (Å²) in [4.78, 5) is 0.250. The molecule has 0 spiro atoms. The van der Waals surface area contributed by atoms with Crippen molar-refractivity contribution in [2.24, 2.45) is 5.92 Å². The van der Waals surface area contributed by atoms with E-state index in [1.165, 1.54) is 12.8 Å². The topological polar surface area (TPSA) is 55.4 Å². The molecule has 0 saturated heterocycles. The molecule has 0 atom stereocenters. The molecule has 1 aliphatic rings. The molecule has 1 fully saturated rings. The summed E-state index contributed by atoms with van der Waals surface area (Å²) in [6, 6.07) is 6.73. The van der Waals surface area contributed by atoms with Gasteiger partial charge in [0.05, 0.1) is 11.5 Å². The van der Waals surface area contributed by atoms with Gasteiger partial charge in [-0.25, -0.2) is 13.1 Å². The van der Waals surface area contributed by atoms with Crippen molar-refractivity contribution in [3.63, 3.8) is 0 Å². The fourth-order valence-electron chi connectivity index (χ4n) is 2.33. The highest BCUT2D eigenvalue weighted by Gasteiger charge is 2.26. The minimum Gasteiger partial charge on any atom is -0.493 e. The first kappa shape index (κ1) is 19.5. The van der Waals surface area contributed by atoms with Crippen LogP contribution in [-0.4, -0.2) is 25.9 Å². The third-order valence-electron chi connectivity index (χ3n) is 3.90. The Bertz CT molecular complexity index is 667. The molecule has 0 aromatic heterocycles. The Morgan fingerprint density at radius 1 is 1.33 bits per heavy atom.